The van der Waals surface area contributed by atoms with Crippen molar-refractivity contribution >= 4 is 15.9 Å². The first-order chi connectivity index (χ1) is 8.22. The first-order valence-electron chi connectivity index (χ1n) is 5.97. The molecule has 2 unspecified atom stereocenters. The zero-order valence-electron chi connectivity index (χ0n) is 10.1. The molecule has 2 N–H and O–H groups in total. The second-order valence-electron chi connectivity index (χ2n) is 4.46. The largest absolute Gasteiger partial charge is 0.466 e. The number of hydrogen-bond donors (Lipinski definition) is 1. The lowest BCUT2D eigenvalue weighted by atomic mass is 10.1. The Morgan fingerprint density at radius 1 is 1.65 bits per heavy atom. The van der Waals surface area contributed by atoms with Crippen LogP contribution < -0.4 is 5.73 Å². The molecule has 1 aliphatic rings. The first kappa shape index (κ1) is 13.1. The molecule has 1 fully saturated rings. The van der Waals surface area contributed by atoms with Crippen LogP contribution in [0, 0.1) is 0 Å². The van der Waals surface area contributed by atoms with Crippen molar-refractivity contribution < 1.29 is 9.15 Å². The summed E-state index contributed by atoms with van der Waals surface area (Å²) in [4.78, 5) is 2.21. The highest BCUT2D eigenvalue weighted by Gasteiger charge is 2.25. The van der Waals surface area contributed by atoms with E-state index in [1.54, 1.807) is 6.26 Å². The maximum absolute atomic E-state index is 5.84. The topological polar surface area (TPSA) is 51.6 Å². The van der Waals surface area contributed by atoms with E-state index in [0.717, 1.165) is 36.2 Å². The van der Waals surface area contributed by atoms with Gasteiger partial charge in [0.25, 0.3) is 0 Å². The van der Waals surface area contributed by atoms with Crippen LogP contribution in [0.3, 0.4) is 0 Å². The van der Waals surface area contributed by atoms with E-state index in [0.29, 0.717) is 12.6 Å². The molecule has 2 atom stereocenters. The third-order valence-corrected chi connectivity index (χ3v) is 3.87. The van der Waals surface area contributed by atoms with Gasteiger partial charge in [0.1, 0.15) is 5.76 Å². The average Bonchev–Trinajstić information content (AvgIpc) is 2.92. The summed E-state index contributed by atoms with van der Waals surface area (Å²) in [5.74, 6) is 0.896. The maximum atomic E-state index is 5.84. The number of rotatable bonds is 5. The molecule has 1 aliphatic heterocycles. The molecule has 2 heterocycles. The first-order valence-corrected chi connectivity index (χ1v) is 6.76. The minimum Gasteiger partial charge on any atom is -0.466 e. The summed E-state index contributed by atoms with van der Waals surface area (Å²) < 4.78 is 12.1. The number of hydrogen-bond acceptors (Lipinski definition) is 4. The predicted octanol–water partition coefficient (Wildman–Crippen LogP) is 2.15. The Labute approximate surface area is 110 Å². The van der Waals surface area contributed by atoms with Crippen molar-refractivity contribution in [3.8, 4) is 0 Å². The van der Waals surface area contributed by atoms with E-state index in [-0.39, 0.29) is 6.04 Å². The number of halogens is 1. The van der Waals surface area contributed by atoms with E-state index in [1.165, 1.54) is 0 Å². The molecule has 0 bridgehead atoms. The molecule has 1 saturated heterocycles. The Balaban J connectivity index is 1.99. The van der Waals surface area contributed by atoms with Crippen molar-refractivity contribution in [3.63, 3.8) is 0 Å². The second kappa shape index (κ2) is 6.00. The van der Waals surface area contributed by atoms with Gasteiger partial charge in [-0.3, -0.25) is 4.90 Å². The van der Waals surface area contributed by atoms with Crippen LogP contribution in [-0.2, 0) is 4.74 Å². The van der Waals surface area contributed by atoms with Crippen molar-refractivity contribution in [2.24, 2.45) is 5.73 Å². The van der Waals surface area contributed by atoms with Gasteiger partial charge in [-0.2, -0.15) is 0 Å². The molecule has 0 aromatic carbocycles. The van der Waals surface area contributed by atoms with E-state index in [9.17, 15) is 0 Å². The maximum Gasteiger partial charge on any atom is 0.136 e. The fourth-order valence-corrected chi connectivity index (χ4v) is 2.73. The molecule has 0 radical (unpaired) electrons. The van der Waals surface area contributed by atoms with Gasteiger partial charge in [-0.05, 0) is 41.9 Å². The summed E-state index contributed by atoms with van der Waals surface area (Å²) >= 11 is 3.48. The zero-order chi connectivity index (χ0) is 12.3. The summed E-state index contributed by atoms with van der Waals surface area (Å²) in [5, 5.41) is 0. The number of ether oxygens (including phenoxy) is 1. The van der Waals surface area contributed by atoms with Gasteiger partial charge in [0.15, 0.2) is 0 Å². The summed E-state index contributed by atoms with van der Waals surface area (Å²) in [6.45, 7) is 2.32. The standard InChI is InChI=1S/C12H19BrN2O2/c1-15(8-9-3-2-5-16-9)11(7-14)12-10(13)4-6-17-12/h4,6,9,11H,2-3,5,7-8,14H2,1H3. The molecule has 0 aliphatic carbocycles. The van der Waals surface area contributed by atoms with Gasteiger partial charge in [-0.1, -0.05) is 0 Å². The molecule has 1 aromatic rings. The Kier molecular flexibility index (Phi) is 4.62. The smallest absolute Gasteiger partial charge is 0.136 e. The monoisotopic (exact) mass is 302 g/mol. The van der Waals surface area contributed by atoms with Crippen molar-refractivity contribution in [3.05, 3.63) is 22.6 Å². The third kappa shape index (κ3) is 3.10. The molecule has 0 amide bonds. The SMILES string of the molecule is CN(CC1CCCO1)C(CN)c1occc1Br. The van der Waals surface area contributed by atoms with E-state index in [2.05, 4.69) is 27.9 Å². The van der Waals surface area contributed by atoms with Gasteiger partial charge in [-0.25, -0.2) is 0 Å². The van der Waals surface area contributed by atoms with Crippen LogP contribution in [0.25, 0.3) is 0 Å². The van der Waals surface area contributed by atoms with E-state index in [4.69, 9.17) is 14.9 Å². The molecule has 4 nitrogen and oxygen atoms in total. The number of likely N-dealkylation sites (N-methyl/N-ethyl adjacent to an activating group) is 1. The van der Waals surface area contributed by atoms with Crippen LogP contribution in [0.1, 0.15) is 24.6 Å². The van der Waals surface area contributed by atoms with Crippen molar-refractivity contribution in [1.82, 2.24) is 4.90 Å². The average molecular weight is 303 g/mol. The Hall–Kier alpha value is -0.360. The predicted molar refractivity (Wildman–Crippen MR) is 69.8 cm³/mol. The van der Waals surface area contributed by atoms with Crippen LogP contribution >= 0.6 is 15.9 Å². The van der Waals surface area contributed by atoms with E-state index < -0.39 is 0 Å². The lowest BCUT2D eigenvalue weighted by molar-refractivity contribution is 0.0653. The van der Waals surface area contributed by atoms with Gasteiger partial charge in [0.05, 0.1) is 22.9 Å². The highest BCUT2D eigenvalue weighted by Crippen LogP contribution is 2.28. The Bertz CT molecular complexity index is 350. The third-order valence-electron chi connectivity index (χ3n) is 3.22. The van der Waals surface area contributed by atoms with Crippen LogP contribution in [0.15, 0.2) is 21.2 Å². The fraction of sp³-hybridized carbons (Fsp3) is 0.667. The van der Waals surface area contributed by atoms with Crippen LogP contribution in [0.5, 0.6) is 0 Å². The zero-order valence-corrected chi connectivity index (χ0v) is 11.6. The van der Waals surface area contributed by atoms with Crippen LogP contribution in [0.2, 0.25) is 0 Å². The van der Waals surface area contributed by atoms with Crippen molar-refractivity contribution in [2.45, 2.75) is 25.0 Å². The van der Waals surface area contributed by atoms with Gasteiger partial charge in [0.2, 0.25) is 0 Å². The number of furan rings is 1. The Morgan fingerprint density at radius 3 is 3.00 bits per heavy atom. The number of nitrogens with two attached hydrogens (primary N) is 1. The fourth-order valence-electron chi connectivity index (χ4n) is 2.27. The minimum absolute atomic E-state index is 0.101. The minimum atomic E-state index is 0.101. The van der Waals surface area contributed by atoms with Gasteiger partial charge >= 0.3 is 0 Å². The van der Waals surface area contributed by atoms with Gasteiger partial charge in [-0.15, -0.1) is 0 Å². The van der Waals surface area contributed by atoms with E-state index >= 15 is 0 Å². The number of nitrogens with zero attached hydrogens (tertiary/aromatic N) is 1. The summed E-state index contributed by atoms with van der Waals surface area (Å²) in [5.41, 5.74) is 5.84. The highest BCUT2D eigenvalue weighted by atomic mass is 79.9. The quantitative estimate of drug-likeness (QED) is 0.905. The van der Waals surface area contributed by atoms with E-state index in [1.807, 2.05) is 6.07 Å². The lowest BCUT2D eigenvalue weighted by Crippen LogP contribution is -2.36. The molecule has 1 aromatic heterocycles. The molecule has 0 spiro atoms. The second-order valence-corrected chi connectivity index (χ2v) is 5.31. The van der Waals surface area contributed by atoms with Gasteiger partial charge < -0.3 is 14.9 Å². The molecule has 2 rings (SSSR count). The van der Waals surface area contributed by atoms with Crippen LogP contribution in [-0.4, -0.2) is 37.7 Å². The summed E-state index contributed by atoms with van der Waals surface area (Å²) in [6.07, 6.45) is 4.32. The highest BCUT2D eigenvalue weighted by molar-refractivity contribution is 9.10. The molecule has 0 saturated carbocycles. The van der Waals surface area contributed by atoms with Crippen molar-refractivity contribution in [1.29, 1.82) is 0 Å². The normalized spacial score (nSPS) is 22.2. The molecule has 17 heavy (non-hydrogen) atoms. The van der Waals surface area contributed by atoms with Crippen molar-refractivity contribution in [2.75, 3.05) is 26.7 Å². The molecule has 5 heteroatoms. The van der Waals surface area contributed by atoms with Crippen LogP contribution in [0.4, 0.5) is 0 Å². The Morgan fingerprint density at radius 2 is 2.47 bits per heavy atom. The molecular formula is C12H19BrN2O2. The summed E-state index contributed by atoms with van der Waals surface area (Å²) in [7, 11) is 2.06. The lowest BCUT2D eigenvalue weighted by Gasteiger charge is -2.27. The summed E-state index contributed by atoms with van der Waals surface area (Å²) in [6, 6.07) is 2.00. The molecular weight excluding hydrogens is 284 g/mol. The molecule has 96 valence electrons. The van der Waals surface area contributed by atoms with Gasteiger partial charge in [0, 0.05) is 19.7 Å².